The van der Waals surface area contributed by atoms with Crippen molar-refractivity contribution in [3.63, 3.8) is 0 Å². The lowest BCUT2D eigenvalue weighted by Crippen LogP contribution is -2.32. The van der Waals surface area contributed by atoms with Crippen molar-refractivity contribution < 1.29 is 0 Å². The highest BCUT2D eigenvalue weighted by Gasteiger charge is 2.44. The van der Waals surface area contributed by atoms with Crippen molar-refractivity contribution in [3.8, 4) is 0 Å². The Balaban J connectivity index is 2.08. The van der Waals surface area contributed by atoms with Crippen LogP contribution in [-0.2, 0) is 0 Å². The SMILES string of the molecule is CCN(CC1(CC(=N)N)CC1)c1cccc(C)c1. The van der Waals surface area contributed by atoms with E-state index < -0.39 is 0 Å². The van der Waals surface area contributed by atoms with E-state index in [1.165, 1.54) is 24.1 Å². The van der Waals surface area contributed by atoms with E-state index in [0.717, 1.165) is 19.5 Å². The van der Waals surface area contributed by atoms with Crippen molar-refractivity contribution >= 4 is 11.5 Å². The van der Waals surface area contributed by atoms with Crippen molar-refractivity contribution in [2.45, 2.75) is 33.1 Å². The van der Waals surface area contributed by atoms with Crippen molar-refractivity contribution in [3.05, 3.63) is 29.8 Å². The van der Waals surface area contributed by atoms with Gasteiger partial charge in [-0.3, -0.25) is 5.41 Å². The molecule has 1 aliphatic rings. The van der Waals surface area contributed by atoms with Crippen LogP contribution in [0.4, 0.5) is 5.69 Å². The zero-order valence-electron chi connectivity index (χ0n) is 11.4. The number of hydrogen-bond acceptors (Lipinski definition) is 2. The molecule has 1 aromatic rings. The number of nitrogens with zero attached hydrogens (tertiary/aromatic N) is 1. The van der Waals surface area contributed by atoms with Crippen LogP contribution in [-0.4, -0.2) is 18.9 Å². The van der Waals surface area contributed by atoms with Gasteiger partial charge in [-0.2, -0.15) is 0 Å². The molecule has 0 bridgehead atoms. The van der Waals surface area contributed by atoms with Crippen LogP contribution in [0, 0.1) is 17.7 Å². The lowest BCUT2D eigenvalue weighted by atomic mass is 10.0. The Labute approximate surface area is 109 Å². The summed E-state index contributed by atoms with van der Waals surface area (Å²) in [5.74, 6) is 0.327. The predicted molar refractivity (Wildman–Crippen MR) is 77.3 cm³/mol. The molecule has 0 radical (unpaired) electrons. The molecule has 18 heavy (non-hydrogen) atoms. The van der Waals surface area contributed by atoms with Gasteiger partial charge in [0.2, 0.25) is 0 Å². The molecule has 0 aliphatic heterocycles. The number of rotatable bonds is 6. The Bertz CT molecular complexity index is 435. The largest absolute Gasteiger partial charge is 0.388 e. The molecule has 1 saturated carbocycles. The minimum Gasteiger partial charge on any atom is -0.388 e. The highest BCUT2D eigenvalue weighted by Crippen LogP contribution is 2.49. The summed E-state index contributed by atoms with van der Waals surface area (Å²) < 4.78 is 0. The van der Waals surface area contributed by atoms with Gasteiger partial charge in [-0.25, -0.2) is 0 Å². The second kappa shape index (κ2) is 5.01. The maximum Gasteiger partial charge on any atom is 0.0911 e. The highest BCUT2D eigenvalue weighted by molar-refractivity contribution is 5.78. The smallest absolute Gasteiger partial charge is 0.0911 e. The van der Waals surface area contributed by atoms with Gasteiger partial charge in [0.15, 0.2) is 0 Å². The topological polar surface area (TPSA) is 53.1 Å². The molecule has 0 aromatic heterocycles. The molecule has 3 nitrogen and oxygen atoms in total. The molecule has 3 N–H and O–H groups in total. The second-order valence-corrected chi connectivity index (χ2v) is 5.56. The first kappa shape index (κ1) is 12.9. The molecular weight excluding hydrogens is 222 g/mol. The van der Waals surface area contributed by atoms with E-state index in [1.807, 2.05) is 0 Å². The summed E-state index contributed by atoms with van der Waals surface area (Å²) in [5.41, 5.74) is 8.41. The van der Waals surface area contributed by atoms with E-state index in [0.29, 0.717) is 5.84 Å². The van der Waals surface area contributed by atoms with Gasteiger partial charge in [0.05, 0.1) is 5.84 Å². The summed E-state index contributed by atoms with van der Waals surface area (Å²) in [6, 6.07) is 8.63. The van der Waals surface area contributed by atoms with Crippen molar-refractivity contribution in [1.29, 1.82) is 5.41 Å². The number of anilines is 1. The highest BCUT2D eigenvalue weighted by atomic mass is 15.1. The first-order chi connectivity index (χ1) is 8.54. The molecule has 98 valence electrons. The zero-order valence-corrected chi connectivity index (χ0v) is 11.4. The molecule has 0 amide bonds. The molecule has 1 aromatic carbocycles. The zero-order chi connectivity index (χ0) is 13.2. The van der Waals surface area contributed by atoms with Gasteiger partial charge >= 0.3 is 0 Å². The maximum atomic E-state index is 7.49. The third-order valence-corrected chi connectivity index (χ3v) is 3.80. The first-order valence-corrected chi connectivity index (χ1v) is 6.69. The summed E-state index contributed by atoms with van der Waals surface area (Å²) in [6.07, 6.45) is 3.15. The first-order valence-electron chi connectivity index (χ1n) is 6.69. The van der Waals surface area contributed by atoms with Crippen LogP contribution in [0.2, 0.25) is 0 Å². The quantitative estimate of drug-likeness (QED) is 0.598. The Morgan fingerprint density at radius 1 is 1.44 bits per heavy atom. The van der Waals surface area contributed by atoms with Crippen LogP contribution >= 0.6 is 0 Å². The van der Waals surface area contributed by atoms with Gasteiger partial charge in [0.25, 0.3) is 0 Å². The Kier molecular flexibility index (Phi) is 3.60. The van der Waals surface area contributed by atoms with Crippen LogP contribution in [0.3, 0.4) is 0 Å². The molecule has 0 saturated heterocycles. The van der Waals surface area contributed by atoms with E-state index >= 15 is 0 Å². The molecule has 2 rings (SSSR count). The molecular formula is C15H23N3. The predicted octanol–water partition coefficient (Wildman–Crippen LogP) is 2.93. The van der Waals surface area contributed by atoms with Crippen molar-refractivity contribution in [2.24, 2.45) is 11.1 Å². The van der Waals surface area contributed by atoms with Crippen LogP contribution in [0.25, 0.3) is 0 Å². The second-order valence-electron chi connectivity index (χ2n) is 5.56. The summed E-state index contributed by atoms with van der Waals surface area (Å²) in [7, 11) is 0. The van der Waals surface area contributed by atoms with Gasteiger partial charge in [-0.1, -0.05) is 12.1 Å². The van der Waals surface area contributed by atoms with Gasteiger partial charge < -0.3 is 10.6 Å². The molecule has 0 heterocycles. The normalized spacial score (nSPS) is 16.3. The van der Waals surface area contributed by atoms with Gasteiger partial charge in [-0.15, -0.1) is 0 Å². The fourth-order valence-electron chi connectivity index (χ4n) is 2.59. The number of benzene rings is 1. The van der Waals surface area contributed by atoms with E-state index in [4.69, 9.17) is 11.1 Å². The van der Waals surface area contributed by atoms with E-state index in [9.17, 15) is 0 Å². The lowest BCUT2D eigenvalue weighted by molar-refractivity contribution is 0.518. The average molecular weight is 245 g/mol. The minimum atomic E-state index is 0.269. The Morgan fingerprint density at radius 2 is 2.17 bits per heavy atom. The Hall–Kier alpha value is -1.51. The number of hydrogen-bond donors (Lipinski definition) is 2. The molecule has 3 heteroatoms. The van der Waals surface area contributed by atoms with Gasteiger partial charge in [-0.05, 0) is 49.8 Å². The average Bonchev–Trinajstić information content (AvgIpc) is 3.05. The fraction of sp³-hybridized carbons (Fsp3) is 0.533. The summed E-state index contributed by atoms with van der Waals surface area (Å²) in [4.78, 5) is 2.41. The van der Waals surface area contributed by atoms with Crippen molar-refractivity contribution in [2.75, 3.05) is 18.0 Å². The van der Waals surface area contributed by atoms with Crippen LogP contribution < -0.4 is 10.6 Å². The standard InChI is InChI=1S/C15H23N3/c1-3-18(13-6-4-5-12(2)9-13)11-15(7-8-15)10-14(16)17/h4-6,9H,3,7-8,10-11H2,1-2H3,(H3,16,17). The number of nitrogens with one attached hydrogen (secondary N) is 1. The Morgan fingerprint density at radius 3 is 2.67 bits per heavy atom. The number of nitrogens with two attached hydrogens (primary N) is 1. The number of aryl methyl sites for hydroxylation is 1. The van der Waals surface area contributed by atoms with Crippen LogP contribution in [0.15, 0.2) is 24.3 Å². The van der Waals surface area contributed by atoms with E-state index in [-0.39, 0.29) is 5.41 Å². The molecule has 0 unspecified atom stereocenters. The molecule has 0 spiro atoms. The third-order valence-electron chi connectivity index (χ3n) is 3.80. The molecule has 1 aliphatic carbocycles. The maximum absolute atomic E-state index is 7.49. The monoisotopic (exact) mass is 245 g/mol. The summed E-state index contributed by atoms with van der Waals surface area (Å²) in [5, 5.41) is 7.49. The van der Waals surface area contributed by atoms with Crippen LogP contribution in [0.1, 0.15) is 31.7 Å². The van der Waals surface area contributed by atoms with Crippen LogP contribution in [0.5, 0.6) is 0 Å². The van der Waals surface area contributed by atoms with Gasteiger partial charge in [0.1, 0.15) is 0 Å². The summed E-state index contributed by atoms with van der Waals surface area (Å²) in [6.45, 7) is 6.33. The van der Waals surface area contributed by atoms with Gasteiger partial charge in [0, 0.05) is 25.2 Å². The third kappa shape index (κ3) is 3.03. The summed E-state index contributed by atoms with van der Waals surface area (Å²) >= 11 is 0. The molecule has 0 atom stereocenters. The van der Waals surface area contributed by atoms with E-state index in [2.05, 4.69) is 43.0 Å². The fourth-order valence-corrected chi connectivity index (χ4v) is 2.59. The number of amidine groups is 1. The molecule has 1 fully saturated rings. The minimum absolute atomic E-state index is 0.269. The van der Waals surface area contributed by atoms with Crippen molar-refractivity contribution in [1.82, 2.24) is 0 Å². The lowest BCUT2D eigenvalue weighted by Gasteiger charge is -2.28. The van der Waals surface area contributed by atoms with E-state index in [1.54, 1.807) is 0 Å².